The topological polar surface area (TPSA) is 56.3 Å². The van der Waals surface area contributed by atoms with Gasteiger partial charge in [0.25, 0.3) is 0 Å². The molecule has 0 spiro atoms. The number of anilines is 1. The van der Waals surface area contributed by atoms with Gasteiger partial charge in [0.2, 0.25) is 0 Å². The molecule has 0 aliphatic carbocycles. The van der Waals surface area contributed by atoms with E-state index in [1.165, 1.54) is 30.4 Å². The molecular formula is C7H9N2O2S2-. The van der Waals surface area contributed by atoms with Crippen molar-refractivity contribution in [2.75, 3.05) is 18.0 Å². The lowest BCUT2D eigenvalue weighted by Crippen LogP contribution is -2.16. The van der Waals surface area contributed by atoms with Crippen molar-refractivity contribution in [2.45, 2.75) is 17.1 Å². The zero-order chi connectivity index (χ0) is 9.26. The van der Waals surface area contributed by atoms with Crippen molar-refractivity contribution in [2.24, 2.45) is 0 Å². The number of aromatic nitrogens is 1. The van der Waals surface area contributed by atoms with Crippen molar-refractivity contribution in [3.63, 3.8) is 0 Å². The minimum absolute atomic E-state index is 0.321. The summed E-state index contributed by atoms with van der Waals surface area (Å²) in [6, 6.07) is 0. The summed E-state index contributed by atoms with van der Waals surface area (Å²) >= 11 is -0.888. The van der Waals surface area contributed by atoms with E-state index in [9.17, 15) is 8.76 Å². The summed E-state index contributed by atoms with van der Waals surface area (Å²) in [4.78, 5) is 6.20. The van der Waals surface area contributed by atoms with E-state index in [-0.39, 0.29) is 0 Å². The van der Waals surface area contributed by atoms with Crippen LogP contribution in [0.5, 0.6) is 0 Å². The standard InChI is InChI=1S/C7H10N2O2S2/c10-13(11)6-5-8-7(12-6)9-3-1-2-4-9/h5H,1-4H2,(H,10,11)/p-1. The normalized spacial score (nSPS) is 19.3. The maximum absolute atomic E-state index is 10.6. The molecule has 1 aliphatic rings. The maximum atomic E-state index is 10.6. The minimum atomic E-state index is -2.13. The molecule has 0 radical (unpaired) electrons. The summed E-state index contributed by atoms with van der Waals surface area (Å²) in [7, 11) is 0. The lowest BCUT2D eigenvalue weighted by molar-refractivity contribution is 0.539. The molecule has 1 atom stereocenters. The Morgan fingerprint density at radius 3 is 2.77 bits per heavy atom. The fourth-order valence-electron chi connectivity index (χ4n) is 1.38. The molecular weight excluding hydrogens is 208 g/mol. The molecule has 2 heterocycles. The first-order valence-corrected chi connectivity index (χ1v) is 5.96. The van der Waals surface area contributed by atoms with E-state index in [0.29, 0.717) is 4.21 Å². The molecule has 1 fully saturated rings. The van der Waals surface area contributed by atoms with Gasteiger partial charge in [-0.15, -0.1) is 0 Å². The number of thiazole rings is 1. The van der Waals surface area contributed by atoms with Gasteiger partial charge < -0.3 is 9.45 Å². The maximum Gasteiger partial charge on any atom is 0.186 e. The SMILES string of the molecule is O=S([O-])c1cnc(N2CCCC2)s1. The second-order valence-electron chi connectivity index (χ2n) is 2.89. The molecule has 0 N–H and O–H groups in total. The summed E-state index contributed by atoms with van der Waals surface area (Å²) in [6.45, 7) is 2.00. The molecule has 72 valence electrons. The Kier molecular flexibility index (Phi) is 2.61. The Morgan fingerprint density at radius 2 is 2.23 bits per heavy atom. The van der Waals surface area contributed by atoms with Crippen LogP contribution in [0.4, 0.5) is 5.13 Å². The van der Waals surface area contributed by atoms with Crippen LogP contribution >= 0.6 is 11.3 Å². The Labute approximate surface area is 82.9 Å². The smallest absolute Gasteiger partial charge is 0.186 e. The van der Waals surface area contributed by atoms with Crippen molar-refractivity contribution < 1.29 is 8.76 Å². The number of hydrogen-bond acceptors (Lipinski definition) is 5. The van der Waals surface area contributed by atoms with Crippen LogP contribution in [0.1, 0.15) is 12.8 Å². The van der Waals surface area contributed by atoms with Crippen molar-refractivity contribution in [3.05, 3.63) is 6.20 Å². The van der Waals surface area contributed by atoms with Gasteiger partial charge in [-0.05, 0) is 23.9 Å². The Balaban J connectivity index is 2.16. The van der Waals surface area contributed by atoms with Gasteiger partial charge in [0.1, 0.15) is 0 Å². The van der Waals surface area contributed by atoms with Gasteiger partial charge in [-0.3, -0.25) is 4.21 Å². The molecule has 4 nitrogen and oxygen atoms in total. The van der Waals surface area contributed by atoms with Gasteiger partial charge >= 0.3 is 0 Å². The fraction of sp³-hybridized carbons (Fsp3) is 0.571. The van der Waals surface area contributed by atoms with E-state index in [0.717, 1.165) is 18.2 Å². The fourth-order valence-corrected chi connectivity index (χ4v) is 2.72. The average molecular weight is 217 g/mol. The highest BCUT2D eigenvalue weighted by Crippen LogP contribution is 2.26. The van der Waals surface area contributed by atoms with Gasteiger partial charge in [-0.2, -0.15) is 0 Å². The number of rotatable bonds is 2. The summed E-state index contributed by atoms with van der Waals surface area (Å²) in [5.74, 6) is 0. The molecule has 1 aliphatic heterocycles. The van der Waals surface area contributed by atoms with Crippen molar-refractivity contribution >= 4 is 27.5 Å². The predicted molar refractivity (Wildman–Crippen MR) is 50.7 cm³/mol. The van der Waals surface area contributed by atoms with Crippen LogP contribution in [-0.2, 0) is 11.1 Å². The third kappa shape index (κ3) is 1.90. The van der Waals surface area contributed by atoms with Gasteiger partial charge in [0.05, 0.1) is 10.4 Å². The molecule has 1 aromatic rings. The van der Waals surface area contributed by atoms with Crippen LogP contribution in [0.3, 0.4) is 0 Å². The molecule has 1 unspecified atom stereocenters. The van der Waals surface area contributed by atoms with E-state index in [1.807, 2.05) is 0 Å². The first kappa shape index (κ1) is 9.11. The number of nitrogens with zero attached hydrogens (tertiary/aromatic N) is 2. The monoisotopic (exact) mass is 217 g/mol. The third-order valence-electron chi connectivity index (χ3n) is 2.01. The molecule has 13 heavy (non-hydrogen) atoms. The van der Waals surface area contributed by atoms with Crippen molar-refractivity contribution in [1.29, 1.82) is 0 Å². The summed E-state index contributed by atoms with van der Waals surface area (Å²) in [5.41, 5.74) is 0. The second kappa shape index (κ2) is 3.73. The molecule has 1 saturated heterocycles. The molecule has 6 heteroatoms. The van der Waals surface area contributed by atoms with E-state index in [2.05, 4.69) is 9.88 Å². The first-order valence-electron chi connectivity index (χ1n) is 4.07. The highest BCUT2D eigenvalue weighted by atomic mass is 32.2. The molecule has 0 aromatic carbocycles. The molecule has 0 amide bonds. The third-order valence-corrected chi connectivity index (χ3v) is 3.96. The Hall–Kier alpha value is -0.460. The second-order valence-corrected chi connectivity index (χ2v) is 5.07. The zero-order valence-corrected chi connectivity index (χ0v) is 8.57. The van der Waals surface area contributed by atoms with Crippen LogP contribution in [0, 0.1) is 0 Å². The summed E-state index contributed by atoms with van der Waals surface area (Å²) < 4.78 is 21.5. The van der Waals surface area contributed by atoms with E-state index >= 15 is 0 Å². The van der Waals surface area contributed by atoms with Crippen LogP contribution in [0.2, 0.25) is 0 Å². The Bertz CT molecular complexity index is 320. The van der Waals surface area contributed by atoms with E-state index < -0.39 is 11.1 Å². The number of hydrogen-bond donors (Lipinski definition) is 0. The van der Waals surface area contributed by atoms with Crippen LogP contribution < -0.4 is 4.90 Å². The molecule has 2 rings (SSSR count). The first-order chi connectivity index (χ1) is 6.27. The van der Waals surface area contributed by atoms with Crippen LogP contribution in [0.25, 0.3) is 0 Å². The largest absolute Gasteiger partial charge is 0.768 e. The summed E-state index contributed by atoms with van der Waals surface area (Å²) in [5, 5.41) is 0.830. The van der Waals surface area contributed by atoms with Gasteiger partial charge in [-0.25, -0.2) is 4.98 Å². The van der Waals surface area contributed by atoms with E-state index in [4.69, 9.17) is 0 Å². The lowest BCUT2D eigenvalue weighted by Gasteiger charge is -2.12. The van der Waals surface area contributed by atoms with Crippen molar-refractivity contribution in [3.8, 4) is 0 Å². The molecule has 1 aromatic heterocycles. The molecule has 0 saturated carbocycles. The zero-order valence-electron chi connectivity index (χ0n) is 6.93. The lowest BCUT2D eigenvalue weighted by atomic mass is 10.4. The average Bonchev–Trinajstić information content (AvgIpc) is 2.75. The Morgan fingerprint density at radius 1 is 1.54 bits per heavy atom. The van der Waals surface area contributed by atoms with Crippen LogP contribution in [0.15, 0.2) is 10.4 Å². The van der Waals surface area contributed by atoms with Gasteiger partial charge in [0, 0.05) is 13.1 Å². The highest BCUT2D eigenvalue weighted by Gasteiger charge is 2.15. The molecule has 0 bridgehead atoms. The van der Waals surface area contributed by atoms with Gasteiger partial charge in [0.15, 0.2) is 5.13 Å². The summed E-state index contributed by atoms with van der Waals surface area (Å²) in [6.07, 6.45) is 3.77. The van der Waals surface area contributed by atoms with E-state index in [1.54, 1.807) is 0 Å². The van der Waals surface area contributed by atoms with Crippen molar-refractivity contribution in [1.82, 2.24) is 4.98 Å². The van der Waals surface area contributed by atoms with Crippen LogP contribution in [-0.4, -0.2) is 26.8 Å². The van der Waals surface area contributed by atoms with Gasteiger partial charge in [-0.1, -0.05) is 11.3 Å². The quantitative estimate of drug-likeness (QED) is 0.693. The minimum Gasteiger partial charge on any atom is -0.768 e. The highest BCUT2D eigenvalue weighted by molar-refractivity contribution is 7.81. The predicted octanol–water partition coefficient (Wildman–Crippen LogP) is 0.981.